The second-order valence-corrected chi connectivity index (χ2v) is 7.89. The number of amides is 1. The molecule has 0 fully saturated rings. The van der Waals surface area contributed by atoms with E-state index in [0.717, 1.165) is 15.7 Å². The van der Waals surface area contributed by atoms with Crippen LogP contribution in [0.15, 0.2) is 58.9 Å². The van der Waals surface area contributed by atoms with Gasteiger partial charge in [-0.2, -0.15) is 0 Å². The molecular weight excluding hydrogens is 374 g/mol. The van der Waals surface area contributed by atoms with Crippen molar-refractivity contribution in [3.05, 3.63) is 70.7 Å². The molecule has 0 spiro atoms. The molecule has 3 aromatic rings. The van der Waals surface area contributed by atoms with Gasteiger partial charge in [0.15, 0.2) is 4.34 Å². The molecule has 1 amide bonds. The minimum atomic E-state index is -0.0873. The number of halogens is 1. The molecule has 4 nitrogen and oxygen atoms in total. The van der Waals surface area contributed by atoms with E-state index in [0.29, 0.717) is 23.0 Å². The van der Waals surface area contributed by atoms with E-state index in [9.17, 15) is 4.79 Å². The summed E-state index contributed by atoms with van der Waals surface area (Å²) in [5, 5.41) is 12.2. The lowest BCUT2D eigenvalue weighted by molar-refractivity contribution is -0.116. The molecule has 1 N–H and O–H groups in total. The zero-order valence-electron chi connectivity index (χ0n) is 13.3. The Morgan fingerprint density at radius 3 is 2.64 bits per heavy atom. The maximum atomic E-state index is 12.1. The fourth-order valence-corrected chi connectivity index (χ4v) is 4.12. The first-order valence-corrected chi connectivity index (χ1v) is 9.92. The van der Waals surface area contributed by atoms with Gasteiger partial charge in [-0.25, -0.2) is 0 Å². The average Bonchev–Trinajstić information content (AvgIpc) is 3.07. The number of nitrogens with zero attached hydrogens (tertiary/aromatic N) is 2. The highest BCUT2D eigenvalue weighted by molar-refractivity contribution is 8.00. The number of anilines is 1. The molecule has 0 radical (unpaired) electrons. The van der Waals surface area contributed by atoms with Crippen LogP contribution in [0.5, 0.6) is 0 Å². The van der Waals surface area contributed by atoms with Crippen molar-refractivity contribution in [1.82, 2.24) is 10.2 Å². The summed E-state index contributed by atoms with van der Waals surface area (Å²) in [6, 6.07) is 17.7. The summed E-state index contributed by atoms with van der Waals surface area (Å²) >= 11 is 9.10. The molecule has 0 aliphatic carbocycles. The number of carbonyl (C=O) groups is 1. The van der Waals surface area contributed by atoms with Gasteiger partial charge in [-0.15, -0.1) is 10.2 Å². The minimum Gasteiger partial charge on any atom is -0.300 e. The van der Waals surface area contributed by atoms with Crippen LogP contribution in [0.2, 0.25) is 5.02 Å². The largest absolute Gasteiger partial charge is 0.300 e. The van der Waals surface area contributed by atoms with E-state index in [1.54, 1.807) is 11.8 Å². The van der Waals surface area contributed by atoms with Crippen LogP contribution in [0.1, 0.15) is 17.5 Å². The van der Waals surface area contributed by atoms with E-state index >= 15 is 0 Å². The molecule has 0 saturated heterocycles. The smallest absolute Gasteiger partial charge is 0.226 e. The number of carbonyl (C=O) groups excluding carboxylic acids is 1. The average molecular weight is 390 g/mol. The molecular formula is C18H16ClN3OS2. The molecule has 1 heterocycles. The number of thioether (sulfide) groups is 1. The maximum absolute atomic E-state index is 12.1. The van der Waals surface area contributed by atoms with Crippen LogP contribution in [0.4, 0.5) is 5.13 Å². The first-order valence-electron chi connectivity index (χ1n) is 7.74. The van der Waals surface area contributed by atoms with Crippen LogP contribution in [0, 0.1) is 0 Å². The molecule has 0 saturated carbocycles. The highest BCUT2D eigenvalue weighted by atomic mass is 35.5. The third-order valence-electron chi connectivity index (χ3n) is 3.44. The van der Waals surface area contributed by atoms with Gasteiger partial charge in [-0.1, -0.05) is 83.2 Å². The number of rotatable bonds is 7. The molecule has 0 aliphatic heterocycles. The first-order chi connectivity index (χ1) is 12.2. The highest BCUT2D eigenvalue weighted by Gasteiger charge is 2.10. The van der Waals surface area contributed by atoms with E-state index < -0.39 is 0 Å². The van der Waals surface area contributed by atoms with E-state index in [4.69, 9.17) is 11.6 Å². The van der Waals surface area contributed by atoms with Gasteiger partial charge in [-0.05, 0) is 23.6 Å². The van der Waals surface area contributed by atoms with Crippen molar-refractivity contribution in [3.8, 4) is 0 Å². The summed E-state index contributed by atoms with van der Waals surface area (Å²) in [4.78, 5) is 12.1. The number of aromatic nitrogens is 2. The number of hydrogen-bond donors (Lipinski definition) is 1. The van der Waals surface area contributed by atoms with Crippen LogP contribution in [-0.4, -0.2) is 16.1 Å². The molecule has 0 atom stereocenters. The van der Waals surface area contributed by atoms with Crippen molar-refractivity contribution in [2.45, 2.75) is 22.9 Å². The van der Waals surface area contributed by atoms with Gasteiger partial charge in [0.25, 0.3) is 0 Å². The van der Waals surface area contributed by atoms with Crippen molar-refractivity contribution >= 4 is 45.7 Å². The Morgan fingerprint density at radius 1 is 1.08 bits per heavy atom. The van der Waals surface area contributed by atoms with Crippen molar-refractivity contribution < 1.29 is 4.79 Å². The van der Waals surface area contributed by atoms with E-state index in [1.165, 1.54) is 16.9 Å². The van der Waals surface area contributed by atoms with Crippen LogP contribution in [-0.2, 0) is 17.0 Å². The van der Waals surface area contributed by atoms with Crippen molar-refractivity contribution in [2.24, 2.45) is 0 Å². The SMILES string of the molecule is O=C(CCc1ccccc1Cl)Nc1nnc(SCc2ccccc2)s1. The molecule has 25 heavy (non-hydrogen) atoms. The van der Waals surface area contributed by atoms with Crippen LogP contribution in [0.25, 0.3) is 0 Å². The Bertz CT molecular complexity index is 839. The van der Waals surface area contributed by atoms with Gasteiger partial charge >= 0.3 is 0 Å². The monoisotopic (exact) mass is 389 g/mol. The minimum absolute atomic E-state index is 0.0873. The molecule has 0 bridgehead atoms. The first kappa shape index (κ1) is 17.9. The summed E-state index contributed by atoms with van der Waals surface area (Å²) in [5.74, 6) is 0.742. The number of hydrogen-bond acceptors (Lipinski definition) is 5. The Hall–Kier alpha value is -1.89. The quantitative estimate of drug-likeness (QED) is 0.453. The number of benzene rings is 2. The van der Waals surface area contributed by atoms with Gasteiger partial charge in [0, 0.05) is 17.2 Å². The summed E-state index contributed by atoms with van der Waals surface area (Å²) in [7, 11) is 0. The molecule has 3 rings (SSSR count). The normalized spacial score (nSPS) is 10.6. The Balaban J connectivity index is 1.47. The molecule has 7 heteroatoms. The van der Waals surface area contributed by atoms with Crippen molar-refractivity contribution in [2.75, 3.05) is 5.32 Å². The van der Waals surface area contributed by atoms with E-state index in [2.05, 4.69) is 27.6 Å². The molecule has 128 valence electrons. The summed E-state index contributed by atoms with van der Waals surface area (Å²) < 4.78 is 0.838. The van der Waals surface area contributed by atoms with Gasteiger partial charge < -0.3 is 5.32 Å². The van der Waals surface area contributed by atoms with Crippen LogP contribution >= 0.6 is 34.7 Å². The Kier molecular flexibility index (Phi) is 6.44. The zero-order valence-corrected chi connectivity index (χ0v) is 15.7. The maximum Gasteiger partial charge on any atom is 0.226 e. The van der Waals surface area contributed by atoms with Crippen LogP contribution < -0.4 is 5.32 Å². The summed E-state index contributed by atoms with van der Waals surface area (Å²) in [6.07, 6.45) is 0.954. The topological polar surface area (TPSA) is 54.9 Å². The number of aryl methyl sites for hydroxylation is 1. The second-order valence-electron chi connectivity index (χ2n) is 5.29. The fraction of sp³-hybridized carbons (Fsp3) is 0.167. The van der Waals surface area contributed by atoms with Gasteiger partial charge in [-0.3, -0.25) is 4.79 Å². The van der Waals surface area contributed by atoms with Gasteiger partial charge in [0.2, 0.25) is 11.0 Å². The summed E-state index contributed by atoms with van der Waals surface area (Å²) in [5.41, 5.74) is 2.20. The van der Waals surface area contributed by atoms with Crippen LogP contribution in [0.3, 0.4) is 0 Å². The standard InChI is InChI=1S/C18H16ClN3OS2/c19-15-9-5-4-8-14(15)10-11-16(23)20-17-21-22-18(25-17)24-12-13-6-2-1-3-7-13/h1-9H,10-12H2,(H,20,21,23). The predicted octanol–water partition coefficient (Wildman–Crippen LogP) is 5.06. The highest BCUT2D eigenvalue weighted by Crippen LogP contribution is 2.28. The Morgan fingerprint density at radius 2 is 1.84 bits per heavy atom. The zero-order chi connectivity index (χ0) is 17.5. The Labute approximate surface area is 159 Å². The van der Waals surface area contributed by atoms with Gasteiger partial charge in [0.05, 0.1) is 0 Å². The van der Waals surface area contributed by atoms with E-state index in [-0.39, 0.29) is 5.91 Å². The molecule has 0 unspecified atom stereocenters. The summed E-state index contributed by atoms with van der Waals surface area (Å²) in [6.45, 7) is 0. The molecule has 1 aromatic heterocycles. The fourth-order valence-electron chi connectivity index (χ4n) is 2.17. The lowest BCUT2D eigenvalue weighted by atomic mass is 10.1. The number of nitrogens with one attached hydrogen (secondary N) is 1. The van der Waals surface area contributed by atoms with Crippen molar-refractivity contribution in [3.63, 3.8) is 0 Å². The molecule has 2 aromatic carbocycles. The lowest BCUT2D eigenvalue weighted by Crippen LogP contribution is -2.12. The predicted molar refractivity (Wildman–Crippen MR) is 104 cm³/mol. The third-order valence-corrected chi connectivity index (χ3v) is 5.85. The van der Waals surface area contributed by atoms with Crippen molar-refractivity contribution in [1.29, 1.82) is 0 Å². The van der Waals surface area contributed by atoms with E-state index in [1.807, 2.05) is 42.5 Å². The third kappa shape index (κ3) is 5.56. The lowest BCUT2D eigenvalue weighted by Gasteiger charge is -2.03. The van der Waals surface area contributed by atoms with Gasteiger partial charge in [0.1, 0.15) is 0 Å². The second kappa shape index (κ2) is 8.99. The molecule has 0 aliphatic rings.